The first-order chi connectivity index (χ1) is 11.7. The number of nitrogens with one attached hydrogen (secondary N) is 1. The fourth-order valence-corrected chi connectivity index (χ4v) is 5.11. The summed E-state index contributed by atoms with van der Waals surface area (Å²) in [4.78, 5) is 20.0. The van der Waals surface area contributed by atoms with Gasteiger partial charge in [0.05, 0.1) is 18.2 Å². The Morgan fingerprint density at radius 1 is 1.50 bits per heavy atom. The molecule has 128 valence electrons. The largest absolute Gasteiger partial charge is 0.376 e. The molecule has 4 heterocycles. The smallest absolute Gasteiger partial charge is 0.270 e. The normalized spacial score (nSPS) is 26.6. The van der Waals surface area contributed by atoms with Crippen molar-refractivity contribution in [3.63, 3.8) is 0 Å². The minimum absolute atomic E-state index is 0.0798. The number of aromatic nitrogens is 1. The predicted molar refractivity (Wildman–Crippen MR) is 95.5 cm³/mol. The SMILES string of the molecule is Cc1ccsc1CN1C[C@@H]2[C@@H](CNC(=O)c3cscn3)CO[C@@H]2C1. The predicted octanol–water partition coefficient (Wildman–Crippen LogP) is 2.39. The summed E-state index contributed by atoms with van der Waals surface area (Å²) in [5.41, 5.74) is 3.58. The third-order valence-electron chi connectivity index (χ3n) is 5.04. The molecule has 0 saturated carbocycles. The number of likely N-dealkylation sites (tertiary alicyclic amines) is 1. The lowest BCUT2D eigenvalue weighted by Crippen LogP contribution is -2.34. The highest BCUT2D eigenvalue weighted by Gasteiger charge is 2.43. The van der Waals surface area contributed by atoms with Crippen molar-refractivity contribution in [2.24, 2.45) is 11.8 Å². The van der Waals surface area contributed by atoms with Crippen LogP contribution in [0.3, 0.4) is 0 Å². The third kappa shape index (κ3) is 3.26. The lowest BCUT2D eigenvalue weighted by molar-refractivity contribution is 0.0902. The zero-order chi connectivity index (χ0) is 16.5. The van der Waals surface area contributed by atoms with E-state index in [-0.39, 0.29) is 5.91 Å². The summed E-state index contributed by atoms with van der Waals surface area (Å²) in [5, 5.41) is 6.96. The fraction of sp³-hybridized carbons (Fsp3) is 0.529. The fourth-order valence-electron chi connectivity index (χ4n) is 3.63. The van der Waals surface area contributed by atoms with Crippen LogP contribution in [0.25, 0.3) is 0 Å². The zero-order valence-corrected chi connectivity index (χ0v) is 15.2. The molecule has 1 amide bonds. The summed E-state index contributed by atoms with van der Waals surface area (Å²) in [7, 11) is 0. The summed E-state index contributed by atoms with van der Waals surface area (Å²) in [5.74, 6) is 0.830. The van der Waals surface area contributed by atoms with Crippen LogP contribution in [0.5, 0.6) is 0 Å². The van der Waals surface area contributed by atoms with Crippen molar-refractivity contribution < 1.29 is 9.53 Å². The van der Waals surface area contributed by atoms with E-state index in [4.69, 9.17) is 4.74 Å². The van der Waals surface area contributed by atoms with Gasteiger partial charge in [-0.15, -0.1) is 22.7 Å². The van der Waals surface area contributed by atoms with Gasteiger partial charge in [-0.1, -0.05) is 0 Å². The average molecular weight is 364 g/mol. The number of thiophene rings is 1. The first-order valence-corrected chi connectivity index (χ1v) is 10.1. The maximum atomic E-state index is 12.1. The molecule has 4 rings (SSSR count). The minimum atomic E-state index is -0.0798. The van der Waals surface area contributed by atoms with E-state index >= 15 is 0 Å². The van der Waals surface area contributed by atoms with Crippen molar-refractivity contribution in [1.29, 1.82) is 0 Å². The molecule has 7 heteroatoms. The number of amides is 1. The Morgan fingerprint density at radius 2 is 2.42 bits per heavy atom. The molecule has 1 N–H and O–H groups in total. The summed E-state index contributed by atoms with van der Waals surface area (Å²) < 4.78 is 5.99. The van der Waals surface area contributed by atoms with E-state index in [9.17, 15) is 4.79 Å². The first-order valence-electron chi connectivity index (χ1n) is 8.24. The van der Waals surface area contributed by atoms with Crippen LogP contribution in [-0.2, 0) is 11.3 Å². The van der Waals surface area contributed by atoms with Crippen molar-refractivity contribution >= 4 is 28.6 Å². The number of carbonyl (C=O) groups excluding carboxylic acids is 1. The Bertz CT molecular complexity index is 701. The van der Waals surface area contributed by atoms with E-state index < -0.39 is 0 Å². The molecular weight excluding hydrogens is 342 g/mol. The summed E-state index contributed by atoms with van der Waals surface area (Å²) in [6, 6.07) is 2.18. The quantitative estimate of drug-likeness (QED) is 0.886. The van der Waals surface area contributed by atoms with Gasteiger partial charge in [0.2, 0.25) is 0 Å². The van der Waals surface area contributed by atoms with Crippen molar-refractivity contribution in [1.82, 2.24) is 15.2 Å². The number of rotatable bonds is 5. The molecule has 2 aromatic heterocycles. The monoisotopic (exact) mass is 363 g/mol. The van der Waals surface area contributed by atoms with E-state index in [2.05, 4.69) is 33.6 Å². The van der Waals surface area contributed by atoms with Crippen molar-refractivity contribution in [2.75, 3.05) is 26.2 Å². The highest BCUT2D eigenvalue weighted by atomic mass is 32.1. The molecule has 0 bridgehead atoms. The number of nitrogens with zero attached hydrogens (tertiary/aromatic N) is 2. The number of hydrogen-bond acceptors (Lipinski definition) is 6. The minimum Gasteiger partial charge on any atom is -0.376 e. The van der Waals surface area contributed by atoms with Gasteiger partial charge in [0.15, 0.2) is 0 Å². The number of carbonyl (C=O) groups is 1. The van der Waals surface area contributed by atoms with E-state index in [0.717, 1.165) is 26.2 Å². The zero-order valence-electron chi connectivity index (χ0n) is 13.6. The molecule has 2 aliphatic heterocycles. The second-order valence-corrected chi connectivity index (χ2v) is 8.32. The molecule has 0 aromatic carbocycles. The highest BCUT2D eigenvalue weighted by Crippen LogP contribution is 2.34. The number of fused-ring (bicyclic) bond motifs is 1. The third-order valence-corrected chi connectivity index (χ3v) is 6.63. The van der Waals surface area contributed by atoms with Crippen LogP contribution in [0, 0.1) is 18.8 Å². The molecule has 0 radical (unpaired) electrons. The Morgan fingerprint density at radius 3 is 3.17 bits per heavy atom. The van der Waals surface area contributed by atoms with E-state index in [1.165, 1.54) is 21.8 Å². The van der Waals surface area contributed by atoms with Gasteiger partial charge in [0.1, 0.15) is 5.69 Å². The molecule has 0 aliphatic carbocycles. The molecule has 3 atom stereocenters. The Kier molecular flexibility index (Phi) is 4.67. The number of hydrogen-bond donors (Lipinski definition) is 1. The average Bonchev–Trinajstić information content (AvgIpc) is 3.32. The van der Waals surface area contributed by atoms with Crippen molar-refractivity contribution in [2.45, 2.75) is 19.6 Å². The molecule has 2 aromatic rings. The van der Waals surface area contributed by atoms with Gasteiger partial charge in [-0.3, -0.25) is 9.69 Å². The summed E-state index contributed by atoms with van der Waals surface area (Å²) in [6.07, 6.45) is 0.312. The Hall–Kier alpha value is -1.28. The molecule has 2 fully saturated rings. The number of aryl methyl sites for hydroxylation is 1. The number of thiazole rings is 1. The second kappa shape index (κ2) is 6.92. The van der Waals surface area contributed by atoms with E-state index in [1.54, 1.807) is 10.9 Å². The molecule has 0 unspecified atom stereocenters. The van der Waals surface area contributed by atoms with Crippen molar-refractivity contribution in [3.8, 4) is 0 Å². The van der Waals surface area contributed by atoms with Gasteiger partial charge in [-0.25, -0.2) is 4.98 Å². The molecule has 2 aliphatic rings. The van der Waals surface area contributed by atoms with Crippen LogP contribution < -0.4 is 5.32 Å². The van der Waals surface area contributed by atoms with Gasteiger partial charge in [0, 0.05) is 48.3 Å². The maximum absolute atomic E-state index is 12.1. The lowest BCUT2D eigenvalue weighted by Gasteiger charge is -2.19. The lowest BCUT2D eigenvalue weighted by atomic mass is 9.93. The first kappa shape index (κ1) is 16.2. The van der Waals surface area contributed by atoms with Gasteiger partial charge in [-0.2, -0.15) is 0 Å². The molecule has 5 nitrogen and oxygen atoms in total. The van der Waals surface area contributed by atoms with Gasteiger partial charge >= 0.3 is 0 Å². The van der Waals surface area contributed by atoms with Gasteiger partial charge < -0.3 is 10.1 Å². The standard InChI is InChI=1S/C17H21N3O2S2/c1-11-2-3-24-16(11)7-20-5-13-12(8-22-15(13)6-20)4-18-17(21)14-9-23-10-19-14/h2-3,9-10,12-13,15H,4-8H2,1H3,(H,18,21)/t12-,13+,15+/m0/s1. The van der Waals surface area contributed by atoms with Crippen LogP contribution in [0.1, 0.15) is 20.9 Å². The maximum Gasteiger partial charge on any atom is 0.270 e. The number of ether oxygens (including phenoxy) is 1. The molecule has 0 spiro atoms. The molecule has 24 heavy (non-hydrogen) atoms. The van der Waals surface area contributed by atoms with Crippen LogP contribution >= 0.6 is 22.7 Å². The Balaban J connectivity index is 1.31. The van der Waals surface area contributed by atoms with E-state index in [1.807, 2.05) is 11.3 Å². The highest BCUT2D eigenvalue weighted by molar-refractivity contribution is 7.10. The topological polar surface area (TPSA) is 54.5 Å². The van der Waals surface area contributed by atoms with Crippen LogP contribution in [0.4, 0.5) is 0 Å². The second-order valence-electron chi connectivity index (χ2n) is 6.60. The van der Waals surface area contributed by atoms with Crippen LogP contribution in [-0.4, -0.2) is 48.1 Å². The molecular formula is C17H21N3O2S2. The van der Waals surface area contributed by atoms with Gasteiger partial charge in [-0.05, 0) is 23.9 Å². The summed E-state index contributed by atoms with van der Waals surface area (Å²) >= 11 is 3.27. The Labute approximate surface area is 149 Å². The van der Waals surface area contributed by atoms with Crippen LogP contribution in [0.2, 0.25) is 0 Å². The van der Waals surface area contributed by atoms with Crippen LogP contribution in [0.15, 0.2) is 22.3 Å². The summed E-state index contributed by atoms with van der Waals surface area (Å²) in [6.45, 7) is 6.66. The van der Waals surface area contributed by atoms with E-state index in [0.29, 0.717) is 30.2 Å². The molecule has 2 saturated heterocycles. The van der Waals surface area contributed by atoms with Crippen molar-refractivity contribution in [3.05, 3.63) is 38.5 Å². The van der Waals surface area contributed by atoms with Gasteiger partial charge in [0.25, 0.3) is 5.91 Å².